The Hall–Kier alpha value is -3.56. The fourth-order valence-corrected chi connectivity index (χ4v) is 3.94. The van der Waals surface area contributed by atoms with Crippen LogP contribution in [0.1, 0.15) is 31.8 Å². The summed E-state index contributed by atoms with van der Waals surface area (Å²) in [4.78, 5) is 25.4. The van der Waals surface area contributed by atoms with E-state index in [1.165, 1.54) is 24.3 Å². The van der Waals surface area contributed by atoms with Crippen molar-refractivity contribution in [3.8, 4) is 0 Å². The summed E-state index contributed by atoms with van der Waals surface area (Å²) in [5.74, 6) is -1.66. The van der Waals surface area contributed by atoms with E-state index in [-0.39, 0.29) is 27.9 Å². The van der Waals surface area contributed by atoms with Gasteiger partial charge in [-0.2, -0.15) is 8.42 Å². The summed E-state index contributed by atoms with van der Waals surface area (Å²) in [6.07, 6.45) is 0. The van der Waals surface area contributed by atoms with Gasteiger partial charge in [0.05, 0.1) is 22.5 Å². The highest BCUT2D eigenvalue weighted by atomic mass is 32.2. The van der Waals surface area contributed by atoms with Crippen LogP contribution in [0.4, 0.5) is 21.5 Å². The minimum absolute atomic E-state index is 0.0544. The van der Waals surface area contributed by atoms with Crippen LogP contribution in [0.15, 0.2) is 59.5 Å². The highest BCUT2D eigenvalue weighted by Gasteiger charge is 2.36. The zero-order chi connectivity index (χ0) is 20.9. The number of fused-ring (bicyclic) bond motifs is 2. The Labute approximate surface area is 164 Å². The lowest BCUT2D eigenvalue weighted by molar-refractivity contribution is 0.0980. The van der Waals surface area contributed by atoms with Gasteiger partial charge in [0.2, 0.25) is 0 Å². The van der Waals surface area contributed by atoms with E-state index in [1.54, 1.807) is 12.1 Å². The number of anilines is 3. The monoisotopic (exact) mass is 412 g/mol. The van der Waals surface area contributed by atoms with Crippen LogP contribution < -0.4 is 11.1 Å². The number of halogens is 1. The van der Waals surface area contributed by atoms with E-state index in [9.17, 15) is 27.0 Å². The van der Waals surface area contributed by atoms with Crippen molar-refractivity contribution < 1.29 is 27.0 Å². The molecule has 29 heavy (non-hydrogen) atoms. The minimum Gasteiger partial charge on any atom is -0.397 e. The van der Waals surface area contributed by atoms with Crippen molar-refractivity contribution in [2.24, 2.45) is 0 Å². The van der Waals surface area contributed by atoms with Crippen molar-refractivity contribution in [2.45, 2.75) is 4.90 Å². The molecule has 0 atom stereocenters. The molecule has 0 bridgehead atoms. The van der Waals surface area contributed by atoms with E-state index in [2.05, 4.69) is 5.32 Å². The quantitative estimate of drug-likeness (QED) is 0.348. The molecule has 0 aromatic heterocycles. The number of hydrogen-bond donors (Lipinski definition) is 3. The van der Waals surface area contributed by atoms with Gasteiger partial charge in [-0.1, -0.05) is 24.3 Å². The second-order valence-electron chi connectivity index (χ2n) is 6.40. The maximum Gasteiger partial charge on any atom is 0.296 e. The third-order valence-corrected chi connectivity index (χ3v) is 5.49. The van der Waals surface area contributed by atoms with Gasteiger partial charge in [0.1, 0.15) is 10.7 Å². The minimum atomic E-state index is -4.80. The zero-order valence-corrected chi connectivity index (χ0v) is 15.5. The highest BCUT2D eigenvalue weighted by Crippen LogP contribution is 2.39. The molecule has 0 saturated carbocycles. The highest BCUT2D eigenvalue weighted by molar-refractivity contribution is 7.86. The van der Waals surface area contributed by atoms with Gasteiger partial charge in [-0.3, -0.25) is 14.1 Å². The first-order valence-corrected chi connectivity index (χ1v) is 9.77. The van der Waals surface area contributed by atoms with Crippen LogP contribution in [0.25, 0.3) is 0 Å². The fourth-order valence-electron chi connectivity index (χ4n) is 3.29. The summed E-state index contributed by atoms with van der Waals surface area (Å²) in [7, 11) is -4.80. The summed E-state index contributed by atoms with van der Waals surface area (Å²) in [5, 5.41) is 2.81. The summed E-state index contributed by atoms with van der Waals surface area (Å²) < 4.78 is 46.4. The lowest BCUT2D eigenvalue weighted by Crippen LogP contribution is -2.25. The maximum absolute atomic E-state index is 13.2. The SMILES string of the molecule is Nc1c(S(=O)(=O)O)cc(Nc2ccc(F)cc2)c2c1C(=O)c1ccccc1C2=O. The van der Waals surface area contributed by atoms with Gasteiger partial charge < -0.3 is 11.1 Å². The number of nitrogens with one attached hydrogen (secondary N) is 1. The van der Waals surface area contributed by atoms with Gasteiger partial charge in [-0.05, 0) is 30.3 Å². The topological polar surface area (TPSA) is 127 Å². The van der Waals surface area contributed by atoms with Crippen LogP contribution in [-0.2, 0) is 10.1 Å². The Morgan fingerprint density at radius 3 is 2.00 bits per heavy atom. The van der Waals surface area contributed by atoms with Gasteiger partial charge in [-0.15, -0.1) is 0 Å². The van der Waals surface area contributed by atoms with E-state index in [1.807, 2.05) is 0 Å². The largest absolute Gasteiger partial charge is 0.397 e. The van der Waals surface area contributed by atoms with Crippen LogP contribution >= 0.6 is 0 Å². The molecule has 0 saturated heterocycles. The lowest BCUT2D eigenvalue weighted by atomic mass is 9.82. The third-order valence-electron chi connectivity index (χ3n) is 4.60. The molecule has 1 aliphatic rings. The molecule has 4 rings (SSSR count). The van der Waals surface area contributed by atoms with Crippen molar-refractivity contribution in [3.05, 3.63) is 82.7 Å². The van der Waals surface area contributed by atoms with Crippen LogP contribution in [0.2, 0.25) is 0 Å². The Bertz CT molecular complexity index is 1300. The molecule has 0 fully saturated rings. The Morgan fingerprint density at radius 1 is 0.897 bits per heavy atom. The first kappa shape index (κ1) is 18.8. The van der Waals surface area contributed by atoms with Gasteiger partial charge in [0.25, 0.3) is 10.1 Å². The molecular formula is C20H13FN2O5S. The second kappa shape index (κ2) is 6.50. The van der Waals surface area contributed by atoms with Crippen molar-refractivity contribution in [1.82, 2.24) is 0 Å². The van der Waals surface area contributed by atoms with Gasteiger partial charge >= 0.3 is 0 Å². The molecular weight excluding hydrogens is 399 g/mol. The molecule has 1 aliphatic carbocycles. The predicted octanol–water partition coefficient (Wildman–Crippen LogP) is 3.17. The summed E-state index contributed by atoms with van der Waals surface area (Å²) in [6.45, 7) is 0. The first-order chi connectivity index (χ1) is 13.7. The maximum atomic E-state index is 13.2. The molecule has 0 radical (unpaired) electrons. The summed E-state index contributed by atoms with van der Waals surface area (Å²) >= 11 is 0. The van der Waals surface area contributed by atoms with Crippen LogP contribution in [-0.4, -0.2) is 24.5 Å². The summed E-state index contributed by atoms with van der Waals surface area (Å²) in [5.41, 5.74) is 5.45. The smallest absolute Gasteiger partial charge is 0.296 e. The van der Waals surface area contributed by atoms with Crippen LogP contribution in [0.5, 0.6) is 0 Å². The van der Waals surface area contributed by atoms with E-state index >= 15 is 0 Å². The molecule has 0 amide bonds. The van der Waals surface area contributed by atoms with Crippen molar-refractivity contribution >= 4 is 38.7 Å². The number of carbonyl (C=O) groups is 2. The summed E-state index contributed by atoms with van der Waals surface area (Å²) in [6, 6.07) is 12.1. The number of carbonyl (C=O) groups excluding carboxylic acids is 2. The number of hydrogen-bond acceptors (Lipinski definition) is 6. The molecule has 146 valence electrons. The fraction of sp³-hybridized carbons (Fsp3) is 0. The van der Waals surface area contributed by atoms with Crippen molar-refractivity contribution in [2.75, 3.05) is 11.1 Å². The normalized spacial score (nSPS) is 13.0. The third kappa shape index (κ3) is 3.06. The first-order valence-electron chi connectivity index (χ1n) is 8.33. The Morgan fingerprint density at radius 2 is 1.45 bits per heavy atom. The van der Waals surface area contributed by atoms with E-state index in [0.29, 0.717) is 5.69 Å². The average Bonchev–Trinajstić information content (AvgIpc) is 2.68. The van der Waals surface area contributed by atoms with Crippen LogP contribution in [0.3, 0.4) is 0 Å². The van der Waals surface area contributed by atoms with E-state index < -0.39 is 38.1 Å². The van der Waals surface area contributed by atoms with Crippen molar-refractivity contribution in [3.63, 3.8) is 0 Å². The number of ketones is 2. The number of benzene rings is 3. The van der Waals surface area contributed by atoms with Gasteiger partial charge in [0, 0.05) is 16.8 Å². The zero-order valence-electron chi connectivity index (χ0n) is 14.6. The van der Waals surface area contributed by atoms with E-state index in [4.69, 9.17) is 5.73 Å². The molecule has 3 aromatic rings. The number of nitrogens with two attached hydrogens (primary N) is 1. The average molecular weight is 412 g/mol. The molecule has 0 aliphatic heterocycles. The standard InChI is InChI=1S/C20H13FN2O5S/c21-10-5-7-11(8-6-10)23-14-9-15(29(26,27)28)18(22)17-16(14)19(24)12-3-1-2-4-13(12)20(17)25/h1-9,23H,22H2,(H,26,27,28). The van der Waals surface area contributed by atoms with Crippen LogP contribution in [0, 0.1) is 5.82 Å². The Kier molecular flexibility index (Phi) is 4.21. The number of nitrogen functional groups attached to an aromatic ring is 1. The molecule has 4 N–H and O–H groups in total. The lowest BCUT2D eigenvalue weighted by Gasteiger charge is -2.23. The van der Waals surface area contributed by atoms with Gasteiger partial charge in [-0.25, -0.2) is 4.39 Å². The molecule has 9 heteroatoms. The van der Waals surface area contributed by atoms with Gasteiger partial charge in [0.15, 0.2) is 11.6 Å². The van der Waals surface area contributed by atoms with Crippen molar-refractivity contribution in [1.29, 1.82) is 0 Å². The molecule has 7 nitrogen and oxygen atoms in total. The van der Waals surface area contributed by atoms with E-state index in [0.717, 1.165) is 18.2 Å². The molecule has 0 unspecified atom stereocenters. The molecule has 0 spiro atoms. The molecule has 0 heterocycles. The molecule has 3 aromatic carbocycles. The predicted molar refractivity (Wildman–Crippen MR) is 104 cm³/mol. The number of rotatable bonds is 3. The Balaban J connectivity index is 2.02. The second-order valence-corrected chi connectivity index (χ2v) is 7.79.